The molecule has 0 bridgehead atoms. The van der Waals surface area contributed by atoms with Crippen molar-refractivity contribution in [2.24, 2.45) is 0 Å². The maximum absolute atomic E-state index is 6.49. The van der Waals surface area contributed by atoms with Crippen LogP contribution >= 0.6 is 11.6 Å². The smallest absolute Gasteiger partial charge is 0.0645 e. The van der Waals surface area contributed by atoms with E-state index in [1.54, 1.807) is 0 Å². The van der Waals surface area contributed by atoms with Gasteiger partial charge < -0.3 is 0 Å². The quantitative estimate of drug-likeness (QED) is 0.416. The molecule has 2 rings (SSSR count). The Morgan fingerprint density at radius 1 is 1.05 bits per heavy atom. The van der Waals surface area contributed by atoms with Crippen LogP contribution in [0.25, 0.3) is 5.69 Å². The van der Waals surface area contributed by atoms with Gasteiger partial charge in [0.05, 0.1) is 17.3 Å². The Hall–Kier alpha value is -1.28. The molecule has 114 valence electrons. The first-order chi connectivity index (χ1) is 10.3. The maximum atomic E-state index is 6.49. The molecule has 0 saturated carbocycles. The van der Waals surface area contributed by atoms with Crippen LogP contribution in [0.5, 0.6) is 0 Å². The van der Waals surface area contributed by atoms with Crippen LogP contribution < -0.4 is 0 Å². The summed E-state index contributed by atoms with van der Waals surface area (Å²) >= 11 is 6.49. The number of benzene rings is 1. The van der Waals surface area contributed by atoms with Gasteiger partial charge in [-0.1, -0.05) is 63.6 Å². The minimum atomic E-state index is 0.0774. The summed E-state index contributed by atoms with van der Waals surface area (Å²) in [6.07, 6.45) is 12.8. The lowest BCUT2D eigenvalue weighted by Crippen LogP contribution is -1.93. The van der Waals surface area contributed by atoms with E-state index in [2.05, 4.69) is 12.0 Å². The number of hydrogen-bond acceptors (Lipinski definition) is 1. The highest BCUT2D eigenvalue weighted by atomic mass is 35.5. The zero-order chi connectivity index (χ0) is 14.9. The van der Waals surface area contributed by atoms with E-state index in [1.807, 2.05) is 47.4 Å². The molecule has 1 unspecified atom stereocenters. The van der Waals surface area contributed by atoms with Gasteiger partial charge in [0.25, 0.3) is 0 Å². The summed E-state index contributed by atoms with van der Waals surface area (Å²) in [5, 5.41) is 4.49. The lowest BCUT2D eigenvalue weighted by molar-refractivity contribution is 0.584. The van der Waals surface area contributed by atoms with E-state index in [-0.39, 0.29) is 5.38 Å². The van der Waals surface area contributed by atoms with Gasteiger partial charge in [0.1, 0.15) is 0 Å². The van der Waals surface area contributed by atoms with Crippen LogP contribution in [0, 0.1) is 0 Å². The lowest BCUT2D eigenvalue weighted by atomic mass is 10.1. The van der Waals surface area contributed by atoms with Gasteiger partial charge in [-0.15, -0.1) is 11.6 Å². The minimum absolute atomic E-state index is 0.0774. The Bertz CT molecular complexity index is 507. The Balaban J connectivity index is 1.78. The first-order valence-corrected chi connectivity index (χ1v) is 8.49. The van der Waals surface area contributed by atoms with Gasteiger partial charge in [0.15, 0.2) is 0 Å². The van der Waals surface area contributed by atoms with Crippen LogP contribution in [0.15, 0.2) is 42.7 Å². The van der Waals surface area contributed by atoms with Crippen molar-refractivity contribution in [3.63, 3.8) is 0 Å². The molecule has 0 N–H and O–H groups in total. The van der Waals surface area contributed by atoms with E-state index in [1.165, 1.54) is 38.5 Å². The number of halogens is 1. The molecule has 0 amide bonds. The number of para-hydroxylation sites is 1. The van der Waals surface area contributed by atoms with E-state index in [9.17, 15) is 0 Å². The molecule has 0 saturated heterocycles. The second kappa shape index (κ2) is 8.89. The Morgan fingerprint density at radius 3 is 2.52 bits per heavy atom. The number of nitrogens with zero attached hydrogens (tertiary/aromatic N) is 2. The SMILES string of the molecule is CCCCCCCCC(Cl)c1cnn(-c2ccccc2)c1. The van der Waals surface area contributed by atoms with Crippen molar-refractivity contribution >= 4 is 11.6 Å². The summed E-state index contributed by atoms with van der Waals surface area (Å²) in [6.45, 7) is 2.25. The van der Waals surface area contributed by atoms with Crippen molar-refractivity contribution in [1.29, 1.82) is 0 Å². The van der Waals surface area contributed by atoms with Gasteiger partial charge in [-0.3, -0.25) is 0 Å². The average Bonchev–Trinajstić information content (AvgIpc) is 3.01. The number of unbranched alkanes of at least 4 members (excludes halogenated alkanes) is 5. The molecule has 1 aromatic heterocycles. The predicted octanol–water partition coefficient (Wildman–Crippen LogP) is 5.90. The van der Waals surface area contributed by atoms with Gasteiger partial charge in [-0.25, -0.2) is 4.68 Å². The van der Waals surface area contributed by atoms with Gasteiger partial charge in [-0.2, -0.15) is 5.10 Å². The summed E-state index contributed by atoms with van der Waals surface area (Å²) < 4.78 is 1.89. The van der Waals surface area contributed by atoms with Crippen molar-refractivity contribution in [3.8, 4) is 5.69 Å². The molecule has 0 aliphatic carbocycles. The summed E-state index contributed by atoms with van der Waals surface area (Å²) in [7, 11) is 0. The van der Waals surface area contributed by atoms with Crippen molar-refractivity contribution in [1.82, 2.24) is 9.78 Å². The van der Waals surface area contributed by atoms with Gasteiger partial charge in [0.2, 0.25) is 0 Å². The number of hydrogen-bond donors (Lipinski definition) is 0. The van der Waals surface area contributed by atoms with Crippen molar-refractivity contribution in [2.45, 2.75) is 57.2 Å². The van der Waals surface area contributed by atoms with Crippen LogP contribution in [-0.2, 0) is 0 Å². The number of rotatable bonds is 9. The average molecular weight is 305 g/mol. The zero-order valence-corrected chi connectivity index (χ0v) is 13.6. The molecule has 1 atom stereocenters. The molecule has 0 spiro atoms. The first-order valence-electron chi connectivity index (χ1n) is 8.05. The second-order valence-corrected chi connectivity index (χ2v) is 6.10. The van der Waals surface area contributed by atoms with Crippen molar-refractivity contribution in [2.75, 3.05) is 0 Å². The molecule has 2 aromatic rings. The van der Waals surface area contributed by atoms with E-state index in [0.717, 1.165) is 17.7 Å². The fraction of sp³-hybridized carbons (Fsp3) is 0.500. The fourth-order valence-corrected chi connectivity index (χ4v) is 2.76. The van der Waals surface area contributed by atoms with E-state index in [4.69, 9.17) is 11.6 Å². The summed E-state index contributed by atoms with van der Waals surface area (Å²) in [5.41, 5.74) is 2.20. The highest BCUT2D eigenvalue weighted by Crippen LogP contribution is 2.27. The Morgan fingerprint density at radius 2 is 1.76 bits per heavy atom. The van der Waals surface area contributed by atoms with Crippen LogP contribution in [0.4, 0.5) is 0 Å². The third kappa shape index (κ3) is 5.20. The van der Waals surface area contributed by atoms with Gasteiger partial charge >= 0.3 is 0 Å². The van der Waals surface area contributed by atoms with Crippen LogP contribution in [0.2, 0.25) is 0 Å². The molecule has 1 heterocycles. The first kappa shape index (κ1) is 16.1. The lowest BCUT2D eigenvalue weighted by Gasteiger charge is -2.06. The third-order valence-electron chi connectivity index (χ3n) is 3.80. The maximum Gasteiger partial charge on any atom is 0.0645 e. The zero-order valence-electron chi connectivity index (χ0n) is 12.8. The normalized spacial score (nSPS) is 12.5. The summed E-state index contributed by atoms with van der Waals surface area (Å²) in [5.74, 6) is 0. The summed E-state index contributed by atoms with van der Waals surface area (Å²) in [4.78, 5) is 0. The third-order valence-corrected chi connectivity index (χ3v) is 4.27. The molecule has 0 aliphatic rings. The molecular weight excluding hydrogens is 280 g/mol. The van der Waals surface area contributed by atoms with Gasteiger partial charge in [0, 0.05) is 11.8 Å². The summed E-state index contributed by atoms with van der Waals surface area (Å²) in [6, 6.07) is 10.1. The molecule has 21 heavy (non-hydrogen) atoms. The largest absolute Gasteiger partial charge is 0.241 e. The van der Waals surface area contributed by atoms with Gasteiger partial charge in [-0.05, 0) is 18.6 Å². The molecule has 3 heteroatoms. The van der Waals surface area contributed by atoms with E-state index < -0.39 is 0 Å². The van der Waals surface area contributed by atoms with Crippen molar-refractivity contribution < 1.29 is 0 Å². The molecular formula is C18H25ClN2. The molecule has 0 radical (unpaired) electrons. The molecule has 0 aliphatic heterocycles. The fourth-order valence-electron chi connectivity index (χ4n) is 2.49. The molecule has 1 aromatic carbocycles. The molecule has 2 nitrogen and oxygen atoms in total. The van der Waals surface area contributed by atoms with E-state index >= 15 is 0 Å². The Kier molecular flexibility index (Phi) is 6.81. The van der Waals surface area contributed by atoms with Crippen LogP contribution in [0.1, 0.15) is 62.8 Å². The van der Waals surface area contributed by atoms with Crippen LogP contribution in [0.3, 0.4) is 0 Å². The number of alkyl halides is 1. The monoisotopic (exact) mass is 304 g/mol. The standard InChI is InChI=1S/C18H25ClN2/c1-2-3-4-5-6-10-13-18(19)16-14-20-21(15-16)17-11-8-7-9-12-17/h7-9,11-12,14-15,18H,2-6,10,13H2,1H3. The minimum Gasteiger partial charge on any atom is -0.241 e. The van der Waals surface area contributed by atoms with Crippen LogP contribution in [-0.4, -0.2) is 9.78 Å². The highest BCUT2D eigenvalue weighted by molar-refractivity contribution is 6.20. The Labute approximate surface area is 133 Å². The molecule has 0 fully saturated rings. The predicted molar refractivity (Wildman–Crippen MR) is 90.2 cm³/mol. The van der Waals surface area contributed by atoms with Crippen molar-refractivity contribution in [3.05, 3.63) is 48.3 Å². The number of aromatic nitrogens is 2. The second-order valence-electron chi connectivity index (χ2n) is 5.58. The van der Waals surface area contributed by atoms with E-state index in [0.29, 0.717) is 0 Å². The topological polar surface area (TPSA) is 17.8 Å². The highest BCUT2D eigenvalue weighted by Gasteiger charge is 2.10.